The third-order valence-electron chi connectivity index (χ3n) is 2.03. The standard InChI is InChI=1S/C6H14N2O2S.ClH/c1-7-6-3-4-8(5-6)11(2,9)10;/h6-7H,3-5H2,1-2H3;1H/t6-;/m1./s1. The van der Waals surface area contributed by atoms with Gasteiger partial charge in [-0.15, -0.1) is 12.4 Å². The van der Waals surface area contributed by atoms with E-state index in [1.807, 2.05) is 7.05 Å². The van der Waals surface area contributed by atoms with Gasteiger partial charge in [-0.3, -0.25) is 0 Å². The lowest BCUT2D eigenvalue weighted by atomic mass is 10.3. The first-order valence-electron chi connectivity index (χ1n) is 3.66. The second kappa shape index (κ2) is 4.41. The van der Waals surface area contributed by atoms with Crippen LogP contribution in [0.5, 0.6) is 0 Å². The van der Waals surface area contributed by atoms with Crippen LogP contribution in [-0.2, 0) is 10.0 Å². The summed E-state index contributed by atoms with van der Waals surface area (Å²) in [6.07, 6.45) is 2.18. The summed E-state index contributed by atoms with van der Waals surface area (Å²) in [5.74, 6) is 0. The van der Waals surface area contributed by atoms with E-state index in [2.05, 4.69) is 5.32 Å². The number of sulfonamides is 1. The molecule has 1 aliphatic rings. The number of halogens is 1. The summed E-state index contributed by atoms with van der Waals surface area (Å²) in [5, 5.41) is 3.06. The molecule has 0 bridgehead atoms. The summed E-state index contributed by atoms with van der Waals surface area (Å²) >= 11 is 0. The van der Waals surface area contributed by atoms with Crippen LogP contribution in [0.4, 0.5) is 0 Å². The van der Waals surface area contributed by atoms with Gasteiger partial charge in [-0.05, 0) is 13.5 Å². The van der Waals surface area contributed by atoms with Gasteiger partial charge in [0.2, 0.25) is 10.0 Å². The van der Waals surface area contributed by atoms with Crippen LogP contribution in [0.1, 0.15) is 6.42 Å². The maximum atomic E-state index is 11.0. The molecule has 1 fully saturated rings. The molecule has 1 aliphatic heterocycles. The first-order chi connectivity index (χ1) is 5.04. The van der Waals surface area contributed by atoms with Gasteiger partial charge >= 0.3 is 0 Å². The molecule has 1 atom stereocenters. The fraction of sp³-hybridized carbons (Fsp3) is 1.00. The average Bonchev–Trinajstić information content (AvgIpc) is 2.32. The Bertz CT molecular complexity index is 230. The van der Waals surface area contributed by atoms with E-state index in [1.54, 1.807) is 0 Å². The Morgan fingerprint density at radius 2 is 2.08 bits per heavy atom. The minimum atomic E-state index is -2.95. The summed E-state index contributed by atoms with van der Waals surface area (Å²) in [5.41, 5.74) is 0. The molecular formula is C6H15ClN2O2S. The van der Waals surface area contributed by atoms with Crippen LogP contribution in [0.25, 0.3) is 0 Å². The fourth-order valence-electron chi connectivity index (χ4n) is 1.27. The van der Waals surface area contributed by atoms with Crippen molar-refractivity contribution in [3.63, 3.8) is 0 Å². The Kier molecular flexibility index (Phi) is 4.47. The van der Waals surface area contributed by atoms with Crippen molar-refractivity contribution in [3.8, 4) is 0 Å². The quantitative estimate of drug-likeness (QED) is 0.685. The molecule has 1 heterocycles. The Morgan fingerprint density at radius 3 is 2.33 bits per heavy atom. The van der Waals surface area contributed by atoms with Gasteiger partial charge < -0.3 is 5.32 Å². The maximum absolute atomic E-state index is 11.0. The number of nitrogens with zero attached hydrogens (tertiary/aromatic N) is 1. The molecule has 0 aromatic carbocycles. The molecule has 0 spiro atoms. The van der Waals surface area contributed by atoms with Crippen molar-refractivity contribution in [2.45, 2.75) is 12.5 Å². The summed E-state index contributed by atoms with van der Waals surface area (Å²) in [6, 6.07) is 0.338. The lowest BCUT2D eigenvalue weighted by molar-refractivity contribution is 0.469. The minimum absolute atomic E-state index is 0. The van der Waals surface area contributed by atoms with Crippen LogP contribution < -0.4 is 5.32 Å². The molecule has 1 rings (SSSR count). The summed E-state index contributed by atoms with van der Waals surface area (Å²) in [7, 11) is -1.09. The van der Waals surface area contributed by atoms with E-state index in [9.17, 15) is 8.42 Å². The normalized spacial score (nSPS) is 25.3. The predicted molar refractivity (Wildman–Crippen MR) is 51.1 cm³/mol. The zero-order chi connectivity index (χ0) is 8.48. The molecule has 4 nitrogen and oxygen atoms in total. The molecule has 1 saturated heterocycles. The summed E-state index contributed by atoms with van der Waals surface area (Å²) in [6.45, 7) is 1.28. The highest BCUT2D eigenvalue weighted by Gasteiger charge is 2.26. The van der Waals surface area contributed by atoms with E-state index in [0.717, 1.165) is 6.42 Å². The number of hydrogen-bond acceptors (Lipinski definition) is 3. The molecule has 0 amide bonds. The highest BCUT2D eigenvalue weighted by molar-refractivity contribution is 7.88. The molecule has 1 N–H and O–H groups in total. The molecule has 0 aliphatic carbocycles. The van der Waals surface area contributed by atoms with Crippen molar-refractivity contribution < 1.29 is 8.42 Å². The van der Waals surface area contributed by atoms with Crippen molar-refractivity contribution in [2.75, 3.05) is 26.4 Å². The molecule has 0 aromatic rings. The average molecular weight is 215 g/mol. The number of hydrogen-bond donors (Lipinski definition) is 1. The van der Waals surface area contributed by atoms with Crippen molar-refractivity contribution >= 4 is 22.4 Å². The third-order valence-corrected chi connectivity index (χ3v) is 3.30. The molecule has 74 valence electrons. The minimum Gasteiger partial charge on any atom is -0.316 e. The molecule has 6 heteroatoms. The lowest BCUT2D eigenvalue weighted by Crippen LogP contribution is -2.32. The van der Waals surface area contributed by atoms with Gasteiger partial charge in [-0.1, -0.05) is 0 Å². The maximum Gasteiger partial charge on any atom is 0.211 e. The van der Waals surface area contributed by atoms with E-state index >= 15 is 0 Å². The van der Waals surface area contributed by atoms with Crippen LogP contribution >= 0.6 is 12.4 Å². The van der Waals surface area contributed by atoms with Crippen LogP contribution in [0.15, 0.2) is 0 Å². The van der Waals surface area contributed by atoms with Gasteiger partial charge in [0.05, 0.1) is 6.26 Å². The summed E-state index contributed by atoms with van der Waals surface area (Å²) in [4.78, 5) is 0. The first-order valence-corrected chi connectivity index (χ1v) is 5.51. The Balaban J connectivity index is 0.00000121. The van der Waals surface area contributed by atoms with Crippen molar-refractivity contribution in [2.24, 2.45) is 0 Å². The smallest absolute Gasteiger partial charge is 0.211 e. The first kappa shape index (κ1) is 12.2. The van der Waals surface area contributed by atoms with E-state index in [-0.39, 0.29) is 12.4 Å². The molecule has 0 radical (unpaired) electrons. The Hall–Kier alpha value is 0.160. The number of likely N-dealkylation sites (N-methyl/N-ethyl adjacent to an activating group) is 1. The highest BCUT2D eigenvalue weighted by Crippen LogP contribution is 2.11. The molecule has 0 unspecified atom stereocenters. The van der Waals surface area contributed by atoms with Crippen molar-refractivity contribution in [1.82, 2.24) is 9.62 Å². The van der Waals surface area contributed by atoms with Gasteiger partial charge in [0.25, 0.3) is 0 Å². The SMILES string of the molecule is CN[C@@H]1CCN(S(C)(=O)=O)C1.Cl. The molecule has 0 aromatic heterocycles. The third kappa shape index (κ3) is 2.90. The highest BCUT2D eigenvalue weighted by atomic mass is 35.5. The molecular weight excluding hydrogens is 200 g/mol. The second-order valence-corrected chi connectivity index (χ2v) is 4.88. The van der Waals surface area contributed by atoms with Crippen LogP contribution in [0.3, 0.4) is 0 Å². The summed E-state index contributed by atoms with van der Waals surface area (Å²) < 4.78 is 23.5. The van der Waals surface area contributed by atoms with Gasteiger partial charge in [0.15, 0.2) is 0 Å². The topological polar surface area (TPSA) is 49.4 Å². The van der Waals surface area contributed by atoms with Gasteiger partial charge in [-0.25, -0.2) is 12.7 Å². The van der Waals surface area contributed by atoms with E-state index < -0.39 is 10.0 Å². The molecule has 0 saturated carbocycles. The number of nitrogens with one attached hydrogen (secondary N) is 1. The Labute approximate surface area is 79.8 Å². The van der Waals surface area contributed by atoms with E-state index in [4.69, 9.17) is 0 Å². The van der Waals surface area contributed by atoms with Crippen molar-refractivity contribution in [3.05, 3.63) is 0 Å². The lowest BCUT2D eigenvalue weighted by Gasteiger charge is -2.12. The van der Waals surface area contributed by atoms with Crippen LogP contribution in [0.2, 0.25) is 0 Å². The number of rotatable bonds is 2. The zero-order valence-corrected chi connectivity index (χ0v) is 8.91. The molecule has 12 heavy (non-hydrogen) atoms. The largest absolute Gasteiger partial charge is 0.316 e. The van der Waals surface area contributed by atoms with Crippen LogP contribution in [-0.4, -0.2) is 45.2 Å². The zero-order valence-electron chi connectivity index (χ0n) is 7.28. The Morgan fingerprint density at radius 1 is 1.50 bits per heavy atom. The van der Waals surface area contributed by atoms with E-state index in [1.165, 1.54) is 10.6 Å². The van der Waals surface area contributed by atoms with Crippen LogP contribution in [0, 0.1) is 0 Å². The predicted octanol–water partition coefficient (Wildman–Crippen LogP) is -0.338. The second-order valence-electron chi connectivity index (χ2n) is 2.90. The van der Waals surface area contributed by atoms with Gasteiger partial charge in [0.1, 0.15) is 0 Å². The van der Waals surface area contributed by atoms with Gasteiger partial charge in [-0.2, -0.15) is 0 Å². The van der Waals surface area contributed by atoms with E-state index in [0.29, 0.717) is 19.1 Å². The fourth-order valence-corrected chi connectivity index (χ4v) is 2.15. The monoisotopic (exact) mass is 214 g/mol. The van der Waals surface area contributed by atoms with Crippen molar-refractivity contribution in [1.29, 1.82) is 0 Å². The van der Waals surface area contributed by atoms with Gasteiger partial charge in [0, 0.05) is 19.1 Å².